The highest BCUT2D eigenvalue weighted by molar-refractivity contribution is 7.89. The maximum atomic E-state index is 13.2. The van der Waals surface area contributed by atoms with Gasteiger partial charge in [-0.3, -0.25) is 0 Å². The van der Waals surface area contributed by atoms with Crippen molar-refractivity contribution >= 4 is 22.4 Å². The standard InChI is InChI=1S/C20H24N2O2S.ClH/c1-22(19-13-17-10-11-18(14-19)21-17)25(23,24)20-9-5-8-16(12-20)15-6-3-2-4-7-15;/h2-9,12,17-19,21H,10-11,13-14H2,1H3;1H. The molecule has 2 saturated heterocycles. The predicted molar refractivity (Wildman–Crippen MR) is 107 cm³/mol. The minimum absolute atomic E-state index is 0. The van der Waals surface area contributed by atoms with Gasteiger partial charge in [0.25, 0.3) is 0 Å². The van der Waals surface area contributed by atoms with E-state index in [1.807, 2.05) is 42.5 Å². The van der Waals surface area contributed by atoms with Crippen LogP contribution in [0.3, 0.4) is 0 Å². The van der Waals surface area contributed by atoms with E-state index in [4.69, 9.17) is 0 Å². The quantitative estimate of drug-likeness (QED) is 0.863. The predicted octanol–water partition coefficient (Wildman–Crippen LogP) is 3.68. The molecule has 0 amide bonds. The third-order valence-corrected chi connectivity index (χ3v) is 7.49. The van der Waals surface area contributed by atoms with Gasteiger partial charge in [0.1, 0.15) is 0 Å². The van der Waals surface area contributed by atoms with Crippen molar-refractivity contribution in [1.82, 2.24) is 9.62 Å². The maximum absolute atomic E-state index is 13.2. The summed E-state index contributed by atoms with van der Waals surface area (Å²) in [6.07, 6.45) is 4.15. The van der Waals surface area contributed by atoms with Crippen molar-refractivity contribution in [2.75, 3.05) is 7.05 Å². The summed E-state index contributed by atoms with van der Waals surface area (Å²) in [5.41, 5.74) is 1.96. The molecule has 2 aliphatic heterocycles. The summed E-state index contributed by atoms with van der Waals surface area (Å²) in [7, 11) is -1.75. The summed E-state index contributed by atoms with van der Waals surface area (Å²) < 4.78 is 27.9. The van der Waals surface area contributed by atoms with E-state index in [9.17, 15) is 8.42 Å². The van der Waals surface area contributed by atoms with Gasteiger partial charge in [0.05, 0.1) is 4.90 Å². The molecule has 2 aliphatic rings. The molecule has 2 unspecified atom stereocenters. The molecule has 0 saturated carbocycles. The molecule has 4 rings (SSSR count). The second kappa shape index (κ2) is 7.69. The van der Waals surface area contributed by atoms with E-state index < -0.39 is 10.0 Å². The lowest BCUT2D eigenvalue weighted by Gasteiger charge is -2.34. The molecule has 0 aromatic heterocycles. The smallest absolute Gasteiger partial charge is 0.243 e. The summed E-state index contributed by atoms with van der Waals surface area (Å²) in [6.45, 7) is 0. The Balaban J connectivity index is 0.00000196. The van der Waals surface area contributed by atoms with Crippen molar-refractivity contribution in [1.29, 1.82) is 0 Å². The molecule has 1 N–H and O–H groups in total. The molecule has 2 bridgehead atoms. The van der Waals surface area contributed by atoms with Gasteiger partial charge in [-0.25, -0.2) is 8.42 Å². The van der Waals surface area contributed by atoms with Gasteiger partial charge in [0.2, 0.25) is 10.0 Å². The minimum atomic E-state index is -3.48. The maximum Gasteiger partial charge on any atom is 0.243 e. The first-order valence-electron chi connectivity index (χ1n) is 8.93. The number of hydrogen-bond donors (Lipinski definition) is 1. The first-order valence-corrected chi connectivity index (χ1v) is 10.4. The molecule has 26 heavy (non-hydrogen) atoms. The lowest BCUT2D eigenvalue weighted by Crippen LogP contribution is -2.48. The van der Waals surface area contributed by atoms with Gasteiger partial charge < -0.3 is 5.32 Å². The lowest BCUT2D eigenvalue weighted by atomic mass is 10.0. The summed E-state index contributed by atoms with van der Waals surface area (Å²) in [5.74, 6) is 0. The monoisotopic (exact) mass is 392 g/mol. The Morgan fingerprint density at radius 3 is 2.19 bits per heavy atom. The van der Waals surface area contributed by atoms with E-state index in [1.165, 1.54) is 12.8 Å². The second-order valence-corrected chi connectivity index (χ2v) is 9.18. The van der Waals surface area contributed by atoms with Gasteiger partial charge in [-0.1, -0.05) is 42.5 Å². The number of nitrogens with one attached hydrogen (secondary N) is 1. The molecule has 4 nitrogen and oxygen atoms in total. The number of sulfonamides is 1. The zero-order valence-electron chi connectivity index (χ0n) is 14.8. The van der Waals surface area contributed by atoms with E-state index in [1.54, 1.807) is 23.5 Å². The highest BCUT2D eigenvalue weighted by Gasteiger charge is 2.38. The fourth-order valence-electron chi connectivity index (χ4n) is 4.15. The average molecular weight is 393 g/mol. The number of nitrogens with zero attached hydrogens (tertiary/aromatic N) is 1. The van der Waals surface area contributed by atoms with Gasteiger partial charge in [-0.15, -0.1) is 12.4 Å². The summed E-state index contributed by atoms with van der Waals surface area (Å²) in [4.78, 5) is 0.377. The van der Waals surface area contributed by atoms with Crippen molar-refractivity contribution in [3.8, 4) is 11.1 Å². The van der Waals surface area contributed by atoms with Gasteiger partial charge in [-0.2, -0.15) is 4.31 Å². The normalized spacial score (nSPS) is 25.1. The van der Waals surface area contributed by atoms with Crippen LogP contribution in [0.1, 0.15) is 25.7 Å². The fraction of sp³-hybridized carbons (Fsp3) is 0.400. The molecule has 2 atom stereocenters. The van der Waals surface area contributed by atoms with Crippen molar-refractivity contribution in [3.05, 3.63) is 54.6 Å². The van der Waals surface area contributed by atoms with Crippen molar-refractivity contribution in [3.63, 3.8) is 0 Å². The number of piperidine rings is 1. The molecule has 2 aromatic carbocycles. The van der Waals surface area contributed by atoms with Gasteiger partial charge in [0, 0.05) is 25.2 Å². The third-order valence-electron chi connectivity index (χ3n) is 5.58. The summed E-state index contributed by atoms with van der Waals surface area (Å²) in [6, 6.07) is 18.2. The van der Waals surface area contributed by atoms with Crippen molar-refractivity contribution in [2.24, 2.45) is 0 Å². The topological polar surface area (TPSA) is 49.4 Å². The van der Waals surface area contributed by atoms with Crippen LogP contribution in [0.2, 0.25) is 0 Å². The largest absolute Gasteiger partial charge is 0.311 e. The molecule has 2 fully saturated rings. The summed E-state index contributed by atoms with van der Waals surface area (Å²) >= 11 is 0. The van der Waals surface area contributed by atoms with E-state index in [-0.39, 0.29) is 18.4 Å². The molecule has 0 aliphatic carbocycles. The molecular formula is C20H25ClN2O2S. The van der Waals surface area contributed by atoms with Crippen LogP contribution in [-0.4, -0.2) is 37.9 Å². The molecular weight excluding hydrogens is 368 g/mol. The van der Waals surface area contributed by atoms with Crippen LogP contribution in [0.4, 0.5) is 0 Å². The molecule has 0 spiro atoms. The van der Waals surface area contributed by atoms with E-state index in [0.717, 1.165) is 24.0 Å². The Bertz CT molecular complexity index is 845. The number of hydrogen-bond acceptors (Lipinski definition) is 3. The average Bonchev–Trinajstić information content (AvgIpc) is 2.99. The van der Waals surface area contributed by atoms with E-state index in [2.05, 4.69) is 5.32 Å². The van der Waals surface area contributed by atoms with Crippen LogP contribution < -0.4 is 5.32 Å². The Hall–Kier alpha value is -1.40. The van der Waals surface area contributed by atoms with Crippen LogP contribution in [0.15, 0.2) is 59.5 Å². The Morgan fingerprint density at radius 1 is 0.923 bits per heavy atom. The Morgan fingerprint density at radius 2 is 1.54 bits per heavy atom. The first kappa shape index (κ1) is 19.4. The Kier molecular flexibility index (Phi) is 5.72. The van der Waals surface area contributed by atoms with Crippen LogP contribution in [0.5, 0.6) is 0 Å². The first-order chi connectivity index (χ1) is 12.0. The van der Waals surface area contributed by atoms with Gasteiger partial charge in [0.15, 0.2) is 0 Å². The Labute approximate surface area is 162 Å². The minimum Gasteiger partial charge on any atom is -0.311 e. The van der Waals surface area contributed by atoms with Crippen molar-refractivity contribution < 1.29 is 8.42 Å². The van der Waals surface area contributed by atoms with Gasteiger partial charge >= 0.3 is 0 Å². The molecule has 6 heteroatoms. The van der Waals surface area contributed by atoms with Crippen LogP contribution in [0.25, 0.3) is 11.1 Å². The highest BCUT2D eigenvalue weighted by atomic mass is 35.5. The lowest BCUT2D eigenvalue weighted by molar-refractivity contribution is 0.251. The van der Waals surface area contributed by atoms with Gasteiger partial charge in [-0.05, 0) is 48.9 Å². The SMILES string of the molecule is CN(C1CC2CCC(C1)N2)S(=O)(=O)c1cccc(-c2ccccc2)c1.Cl. The van der Waals surface area contributed by atoms with E-state index in [0.29, 0.717) is 17.0 Å². The van der Waals surface area contributed by atoms with Crippen LogP contribution in [-0.2, 0) is 10.0 Å². The zero-order chi connectivity index (χ0) is 17.4. The molecule has 0 radical (unpaired) electrons. The van der Waals surface area contributed by atoms with Crippen LogP contribution in [0, 0.1) is 0 Å². The van der Waals surface area contributed by atoms with Crippen molar-refractivity contribution in [2.45, 2.75) is 48.7 Å². The number of halogens is 1. The van der Waals surface area contributed by atoms with Crippen LogP contribution >= 0.6 is 12.4 Å². The number of fused-ring (bicyclic) bond motifs is 2. The fourth-order valence-corrected chi connectivity index (χ4v) is 5.58. The summed E-state index contributed by atoms with van der Waals surface area (Å²) in [5, 5.41) is 3.58. The second-order valence-electron chi connectivity index (χ2n) is 7.18. The molecule has 2 aromatic rings. The highest BCUT2D eigenvalue weighted by Crippen LogP contribution is 2.32. The number of rotatable bonds is 4. The third kappa shape index (κ3) is 3.67. The molecule has 2 heterocycles. The van der Waals surface area contributed by atoms with E-state index >= 15 is 0 Å². The number of benzene rings is 2. The molecule has 140 valence electrons. The zero-order valence-corrected chi connectivity index (χ0v) is 16.5.